The summed E-state index contributed by atoms with van der Waals surface area (Å²) in [5.74, 6) is 2.56. The molecular formula is C26H34O2. The molecule has 0 aliphatic heterocycles. The molecular weight excluding hydrogens is 344 g/mol. The summed E-state index contributed by atoms with van der Waals surface area (Å²) in [6.45, 7) is 4.82. The second-order valence-corrected chi connectivity index (χ2v) is 10.6. The monoisotopic (exact) mass is 378 g/mol. The highest BCUT2D eigenvalue weighted by atomic mass is 16.3. The number of rotatable bonds is 2. The van der Waals surface area contributed by atoms with Crippen molar-refractivity contribution >= 4 is 5.78 Å². The predicted molar refractivity (Wildman–Crippen MR) is 112 cm³/mol. The van der Waals surface area contributed by atoms with E-state index in [0.29, 0.717) is 17.6 Å². The van der Waals surface area contributed by atoms with Crippen molar-refractivity contribution in [3.05, 3.63) is 47.5 Å². The molecule has 1 N–H and O–H groups in total. The van der Waals surface area contributed by atoms with Crippen LogP contribution in [0.3, 0.4) is 0 Å². The minimum Gasteiger partial charge on any atom is -0.393 e. The van der Waals surface area contributed by atoms with Crippen LogP contribution in [0, 0.1) is 34.5 Å². The van der Waals surface area contributed by atoms with Crippen LogP contribution < -0.4 is 0 Å². The molecule has 2 nitrogen and oxygen atoms in total. The highest BCUT2D eigenvalue weighted by Gasteiger charge is 2.59. The Morgan fingerprint density at radius 1 is 1.04 bits per heavy atom. The first kappa shape index (κ1) is 18.6. The number of carbonyl (C=O) groups excluding carboxylic acids is 1. The molecule has 4 aliphatic carbocycles. The van der Waals surface area contributed by atoms with Crippen LogP contribution >= 0.6 is 0 Å². The molecule has 0 amide bonds. The molecule has 3 saturated carbocycles. The molecule has 0 spiro atoms. The number of allylic oxidation sites excluding steroid dienone is 1. The Kier molecular flexibility index (Phi) is 4.36. The number of carbonyl (C=O) groups is 1. The quantitative estimate of drug-likeness (QED) is 0.753. The van der Waals surface area contributed by atoms with Gasteiger partial charge in [0.1, 0.15) is 0 Å². The van der Waals surface area contributed by atoms with E-state index in [0.717, 1.165) is 38.0 Å². The van der Waals surface area contributed by atoms with E-state index in [2.05, 4.69) is 38.1 Å². The summed E-state index contributed by atoms with van der Waals surface area (Å²) >= 11 is 0. The van der Waals surface area contributed by atoms with Crippen molar-refractivity contribution in [2.45, 2.75) is 71.3 Å². The van der Waals surface area contributed by atoms with Gasteiger partial charge in [-0.25, -0.2) is 0 Å². The molecule has 0 heterocycles. The maximum absolute atomic E-state index is 12.9. The highest BCUT2D eigenvalue weighted by Crippen LogP contribution is 2.65. The number of ketones is 1. The third-order valence-corrected chi connectivity index (χ3v) is 9.40. The summed E-state index contributed by atoms with van der Waals surface area (Å²) in [5, 5.41) is 10.7. The maximum Gasteiger partial charge on any atom is 0.159 e. The van der Waals surface area contributed by atoms with Gasteiger partial charge in [-0.05, 0) is 91.6 Å². The van der Waals surface area contributed by atoms with Gasteiger partial charge in [0.2, 0.25) is 0 Å². The average molecular weight is 379 g/mol. The molecule has 150 valence electrons. The number of fused-ring (bicyclic) bond motifs is 5. The van der Waals surface area contributed by atoms with Crippen molar-refractivity contribution in [3.63, 3.8) is 0 Å². The fraction of sp³-hybridized carbons (Fsp3) is 0.654. The largest absolute Gasteiger partial charge is 0.393 e. The lowest BCUT2D eigenvalue weighted by Crippen LogP contribution is -2.52. The van der Waals surface area contributed by atoms with Gasteiger partial charge in [-0.15, -0.1) is 0 Å². The maximum atomic E-state index is 12.9. The van der Waals surface area contributed by atoms with E-state index in [1.165, 1.54) is 30.4 Å². The Bertz CT molecular complexity index is 796. The normalized spacial score (nSPS) is 45.0. The first-order chi connectivity index (χ1) is 13.4. The van der Waals surface area contributed by atoms with E-state index in [1.807, 2.05) is 12.1 Å². The first-order valence-corrected chi connectivity index (χ1v) is 11.4. The SMILES string of the molecule is C[C@]12CC[C@H]3[C@@H](CCC4=CC(=O)C(Cc5ccccc5)C[C@@]43C)[C@@H]1CC[C@@H]2O. The van der Waals surface area contributed by atoms with E-state index < -0.39 is 0 Å². The number of hydrogen-bond donors (Lipinski definition) is 1. The molecule has 7 atom stereocenters. The van der Waals surface area contributed by atoms with Crippen molar-refractivity contribution in [2.75, 3.05) is 0 Å². The Balaban J connectivity index is 1.43. The minimum atomic E-state index is -0.109. The van der Waals surface area contributed by atoms with E-state index >= 15 is 0 Å². The zero-order valence-electron chi connectivity index (χ0n) is 17.4. The summed E-state index contributed by atoms with van der Waals surface area (Å²) in [4.78, 5) is 12.9. The Hall–Kier alpha value is -1.41. The second kappa shape index (κ2) is 6.55. The van der Waals surface area contributed by atoms with Crippen LogP contribution in [0.25, 0.3) is 0 Å². The molecule has 1 unspecified atom stereocenters. The summed E-state index contributed by atoms with van der Waals surface area (Å²) in [5.41, 5.74) is 3.02. The van der Waals surface area contributed by atoms with Gasteiger partial charge < -0.3 is 5.11 Å². The van der Waals surface area contributed by atoms with E-state index in [1.54, 1.807) is 0 Å². The van der Waals surface area contributed by atoms with Gasteiger partial charge in [0.25, 0.3) is 0 Å². The number of benzene rings is 1. The van der Waals surface area contributed by atoms with Crippen LogP contribution in [-0.4, -0.2) is 17.0 Å². The zero-order valence-corrected chi connectivity index (χ0v) is 17.4. The molecule has 3 fully saturated rings. The molecule has 28 heavy (non-hydrogen) atoms. The lowest BCUT2D eigenvalue weighted by atomic mass is 9.46. The van der Waals surface area contributed by atoms with Crippen molar-refractivity contribution in [1.29, 1.82) is 0 Å². The van der Waals surface area contributed by atoms with Crippen LogP contribution in [-0.2, 0) is 11.2 Å². The third kappa shape index (κ3) is 2.67. The van der Waals surface area contributed by atoms with Crippen molar-refractivity contribution in [2.24, 2.45) is 34.5 Å². The molecule has 2 heteroatoms. The van der Waals surface area contributed by atoms with E-state index in [4.69, 9.17) is 0 Å². The van der Waals surface area contributed by atoms with Crippen LogP contribution in [0.4, 0.5) is 0 Å². The minimum absolute atomic E-state index is 0.109. The van der Waals surface area contributed by atoms with Crippen LogP contribution in [0.2, 0.25) is 0 Å². The summed E-state index contributed by atoms with van der Waals surface area (Å²) in [6, 6.07) is 10.5. The number of aliphatic hydroxyl groups excluding tert-OH is 1. The lowest BCUT2D eigenvalue weighted by Gasteiger charge is -2.58. The standard InChI is InChI=1S/C26H34O2/c1-25-13-12-22-20(21(25)10-11-24(25)28)9-8-19-15-23(27)18(16-26(19,22)2)14-17-6-4-3-5-7-17/h3-7,15,18,20-22,24,28H,8-14,16H2,1-2H3/t18?,20-,21-,22-,24-,25-,26-/m0/s1. The van der Waals surface area contributed by atoms with Gasteiger partial charge in [-0.3, -0.25) is 4.79 Å². The number of aliphatic hydroxyl groups is 1. The molecule has 0 aromatic heterocycles. The zero-order chi connectivity index (χ0) is 19.5. The van der Waals surface area contributed by atoms with Crippen molar-refractivity contribution in [1.82, 2.24) is 0 Å². The molecule has 5 rings (SSSR count). The van der Waals surface area contributed by atoms with Gasteiger partial charge >= 0.3 is 0 Å². The third-order valence-electron chi connectivity index (χ3n) is 9.40. The molecule has 0 saturated heterocycles. The van der Waals surface area contributed by atoms with Crippen LogP contribution in [0.5, 0.6) is 0 Å². The summed E-state index contributed by atoms with van der Waals surface area (Å²) < 4.78 is 0. The van der Waals surface area contributed by atoms with Crippen LogP contribution in [0.1, 0.15) is 64.4 Å². The molecule has 1 aromatic rings. The smallest absolute Gasteiger partial charge is 0.159 e. The van der Waals surface area contributed by atoms with Crippen molar-refractivity contribution in [3.8, 4) is 0 Å². The van der Waals surface area contributed by atoms with Gasteiger partial charge in [0, 0.05) is 5.92 Å². The van der Waals surface area contributed by atoms with Gasteiger partial charge in [0.05, 0.1) is 6.10 Å². The van der Waals surface area contributed by atoms with E-state index in [-0.39, 0.29) is 22.9 Å². The van der Waals surface area contributed by atoms with Gasteiger partial charge in [-0.2, -0.15) is 0 Å². The molecule has 1 aromatic carbocycles. The topological polar surface area (TPSA) is 37.3 Å². The van der Waals surface area contributed by atoms with Gasteiger partial charge in [0.15, 0.2) is 5.78 Å². The Morgan fingerprint density at radius 3 is 2.61 bits per heavy atom. The number of hydrogen-bond acceptors (Lipinski definition) is 2. The summed E-state index contributed by atoms with van der Waals surface area (Å²) in [7, 11) is 0. The average Bonchev–Trinajstić information content (AvgIpc) is 2.99. The van der Waals surface area contributed by atoms with Crippen LogP contribution in [0.15, 0.2) is 42.0 Å². The van der Waals surface area contributed by atoms with Gasteiger partial charge in [-0.1, -0.05) is 49.8 Å². The fourth-order valence-electron chi connectivity index (χ4n) is 7.79. The predicted octanol–water partition coefficient (Wildman–Crippen LogP) is 5.35. The lowest BCUT2D eigenvalue weighted by molar-refractivity contribution is -0.123. The molecule has 4 aliphatic rings. The van der Waals surface area contributed by atoms with Crippen molar-refractivity contribution < 1.29 is 9.90 Å². The first-order valence-electron chi connectivity index (χ1n) is 11.4. The summed E-state index contributed by atoms with van der Waals surface area (Å²) in [6.07, 6.45) is 10.7. The van der Waals surface area contributed by atoms with E-state index in [9.17, 15) is 9.90 Å². The molecule has 0 bridgehead atoms. The molecule has 0 radical (unpaired) electrons. The Morgan fingerprint density at radius 2 is 1.82 bits per heavy atom. The highest BCUT2D eigenvalue weighted by molar-refractivity contribution is 5.94. The Labute approximate surface area is 169 Å². The second-order valence-electron chi connectivity index (χ2n) is 10.6. The fourth-order valence-corrected chi connectivity index (χ4v) is 7.79.